The number of Topliss-reactive ketones (excluding diaryl/α,β-unsaturated/α-hetero) is 1. The molecule has 4 fully saturated rings. The van der Waals surface area contributed by atoms with Gasteiger partial charge in [0.2, 0.25) is 11.8 Å². The van der Waals surface area contributed by atoms with E-state index in [2.05, 4.69) is 11.6 Å². The molecule has 2 amide bonds. The molecule has 1 N–H and O–H groups in total. The Morgan fingerprint density at radius 3 is 2.44 bits per heavy atom. The Kier molecular flexibility index (Phi) is 10.7. The van der Waals surface area contributed by atoms with Gasteiger partial charge in [0.25, 0.3) is 0 Å². The topological polar surface area (TPSA) is 168 Å². The second-order valence-corrected chi connectivity index (χ2v) is 17.0. The molecule has 4 unspecified atom stereocenters. The number of allylic oxidation sites excluding steroid dienone is 1. The number of nitrogens with zero attached hydrogens (tertiary/aromatic N) is 2. The molecule has 3 saturated carbocycles. The first-order valence-corrected chi connectivity index (χ1v) is 19.5. The number of hydrogen-bond acceptors (Lipinski definition) is 11. The summed E-state index contributed by atoms with van der Waals surface area (Å²) in [6, 6.07) is 6.11. The van der Waals surface area contributed by atoms with Crippen LogP contribution in [0.25, 0.3) is 10.9 Å². The van der Waals surface area contributed by atoms with E-state index in [0.717, 1.165) is 31.1 Å². The van der Waals surface area contributed by atoms with E-state index in [1.54, 1.807) is 37.6 Å². The number of esters is 1. The molecule has 14 heteroatoms. The Hall–Kier alpha value is -4.04. The molecule has 282 valence electrons. The average molecular weight is 740 g/mol. The molecule has 1 aromatic heterocycles. The summed E-state index contributed by atoms with van der Waals surface area (Å²) in [6.07, 6.45) is 6.52. The Morgan fingerprint density at radius 2 is 1.81 bits per heavy atom. The van der Waals surface area contributed by atoms with Crippen LogP contribution >= 0.6 is 0 Å². The highest BCUT2D eigenvalue weighted by molar-refractivity contribution is 7.85. The number of nitrogens with one attached hydrogen (secondary N) is 1. The number of pyridine rings is 1. The largest absolute Gasteiger partial charge is 0.497 e. The van der Waals surface area contributed by atoms with Gasteiger partial charge in [-0.2, -0.15) is 8.42 Å². The summed E-state index contributed by atoms with van der Waals surface area (Å²) in [4.78, 5) is 61.6. The van der Waals surface area contributed by atoms with Gasteiger partial charge in [-0.25, -0.2) is 4.72 Å². The number of carbonyl (C=O) groups is 4. The second-order valence-electron chi connectivity index (χ2n) is 15.7. The van der Waals surface area contributed by atoms with Gasteiger partial charge in [0.1, 0.15) is 23.7 Å². The van der Waals surface area contributed by atoms with Gasteiger partial charge >= 0.3 is 16.3 Å². The van der Waals surface area contributed by atoms with Crippen molar-refractivity contribution in [3.63, 3.8) is 0 Å². The van der Waals surface area contributed by atoms with Crippen molar-refractivity contribution >= 4 is 44.8 Å². The minimum Gasteiger partial charge on any atom is -0.497 e. The molecule has 0 spiro atoms. The number of ketones is 1. The first-order valence-electron chi connectivity index (χ1n) is 18.1. The summed E-state index contributed by atoms with van der Waals surface area (Å²) in [5, 5.41) is 0.718. The number of benzene rings is 1. The second kappa shape index (κ2) is 14.8. The number of likely N-dealkylation sites (tertiary alicyclic amines) is 1. The summed E-state index contributed by atoms with van der Waals surface area (Å²) in [7, 11) is -2.81. The molecule has 5 atom stereocenters. The quantitative estimate of drug-likeness (QED) is 0.197. The lowest BCUT2D eigenvalue weighted by Crippen LogP contribution is -2.48. The van der Waals surface area contributed by atoms with Crippen LogP contribution in [0.2, 0.25) is 0 Å². The van der Waals surface area contributed by atoms with E-state index in [1.807, 2.05) is 31.6 Å². The van der Waals surface area contributed by atoms with Crippen LogP contribution in [0.1, 0.15) is 85.0 Å². The van der Waals surface area contributed by atoms with Crippen LogP contribution in [-0.2, 0) is 38.4 Å². The van der Waals surface area contributed by atoms with Crippen LogP contribution in [-0.4, -0.2) is 79.9 Å². The van der Waals surface area contributed by atoms with Crippen molar-refractivity contribution in [2.24, 2.45) is 22.7 Å². The molecule has 0 radical (unpaired) electrons. The smallest absolute Gasteiger partial charge is 0.362 e. The molecule has 52 heavy (non-hydrogen) atoms. The summed E-state index contributed by atoms with van der Waals surface area (Å²) >= 11 is 0. The normalized spacial score (nSPS) is 25.4. The molecule has 3 aliphatic carbocycles. The minimum atomic E-state index is -4.37. The molecule has 1 saturated heterocycles. The van der Waals surface area contributed by atoms with Gasteiger partial charge in [-0.1, -0.05) is 26.8 Å². The van der Waals surface area contributed by atoms with E-state index in [9.17, 15) is 27.6 Å². The molecule has 2 aromatic rings. The van der Waals surface area contributed by atoms with E-state index in [0.29, 0.717) is 29.9 Å². The Bertz CT molecular complexity index is 1830. The zero-order valence-electron chi connectivity index (χ0n) is 30.3. The number of carbonyl (C=O) groups excluding carboxylic acids is 4. The molecule has 13 nitrogen and oxygen atoms in total. The van der Waals surface area contributed by atoms with Crippen LogP contribution in [0.5, 0.6) is 11.5 Å². The Labute approximate surface area is 305 Å². The van der Waals surface area contributed by atoms with Crippen molar-refractivity contribution in [3.05, 3.63) is 43.1 Å². The molecule has 4 aliphatic rings. The lowest BCUT2D eigenvalue weighted by atomic mass is 9.77. The Balaban J connectivity index is 1.26. The fourth-order valence-electron chi connectivity index (χ4n) is 7.51. The van der Waals surface area contributed by atoms with Crippen LogP contribution in [0, 0.1) is 22.7 Å². The molecule has 1 aromatic carbocycles. The van der Waals surface area contributed by atoms with Crippen LogP contribution < -0.4 is 14.2 Å². The highest BCUT2D eigenvalue weighted by atomic mass is 32.2. The number of fused-ring (bicyclic) bond motifs is 1. The monoisotopic (exact) mass is 739 g/mol. The van der Waals surface area contributed by atoms with E-state index >= 15 is 0 Å². The molecular formula is C38H49N3O10S. The van der Waals surface area contributed by atoms with Crippen LogP contribution in [0.3, 0.4) is 0 Å². The molecule has 2 heterocycles. The van der Waals surface area contributed by atoms with E-state index < -0.39 is 68.9 Å². The molecule has 6 rings (SSSR count). The number of methoxy groups -OCH3 is 1. The predicted octanol–water partition coefficient (Wildman–Crippen LogP) is 4.82. The van der Waals surface area contributed by atoms with Crippen molar-refractivity contribution < 1.29 is 46.0 Å². The fraction of sp³-hybridized carbons (Fsp3) is 0.605. The number of hydrogen-bond donors (Lipinski definition) is 1. The van der Waals surface area contributed by atoms with Gasteiger partial charge in [-0.3, -0.25) is 28.3 Å². The van der Waals surface area contributed by atoms with Crippen molar-refractivity contribution in [3.8, 4) is 11.5 Å². The summed E-state index contributed by atoms with van der Waals surface area (Å²) in [5.74, 6) is -2.21. The van der Waals surface area contributed by atoms with Crippen molar-refractivity contribution in [1.29, 1.82) is 0 Å². The number of aromatic nitrogens is 1. The third kappa shape index (κ3) is 8.43. The van der Waals surface area contributed by atoms with Gasteiger partial charge in [-0.15, -0.1) is 6.58 Å². The van der Waals surface area contributed by atoms with Gasteiger partial charge < -0.3 is 19.1 Å². The first-order chi connectivity index (χ1) is 24.6. The molecule has 0 bridgehead atoms. The lowest BCUT2D eigenvalue weighted by molar-refractivity contribution is -0.156. The molecule has 1 aliphatic heterocycles. The van der Waals surface area contributed by atoms with Gasteiger partial charge in [0.15, 0.2) is 5.78 Å². The third-order valence-corrected chi connectivity index (χ3v) is 11.8. The van der Waals surface area contributed by atoms with Crippen LogP contribution in [0.4, 0.5) is 0 Å². The van der Waals surface area contributed by atoms with E-state index in [-0.39, 0.29) is 44.2 Å². The highest BCUT2D eigenvalue weighted by Gasteiger charge is 2.61. The number of rotatable bonds is 15. The standard InChI is InChI=1S/C38H49N3O10S/c1-6-23-20-38(23,36(45)40-52(46,47)51-25-11-12-25)21-32(42)31-18-27(49-33-15-16-39-30-17-26(48-5)13-14-28(30)33)22-41(31)35(44)29(37(2,3)4)19-34(43)50-24-9-7-8-10-24/h6,13-17,23-25,27,29,31H,1,7-12,18-22H2,2-5H3,(H,40,45)/t23?,27?,29?,31?,38-/m1/s1. The molecular weight excluding hydrogens is 690 g/mol. The third-order valence-electron chi connectivity index (χ3n) is 10.8. The zero-order valence-corrected chi connectivity index (χ0v) is 31.1. The fourth-order valence-corrected chi connectivity index (χ4v) is 8.54. The maximum atomic E-state index is 14.6. The van der Waals surface area contributed by atoms with Gasteiger partial charge in [0, 0.05) is 30.5 Å². The highest BCUT2D eigenvalue weighted by Crippen LogP contribution is 2.57. The maximum absolute atomic E-state index is 14.6. The zero-order chi connectivity index (χ0) is 37.4. The van der Waals surface area contributed by atoms with Gasteiger partial charge in [-0.05, 0) is 74.5 Å². The van der Waals surface area contributed by atoms with Crippen molar-refractivity contribution in [1.82, 2.24) is 14.6 Å². The van der Waals surface area contributed by atoms with Crippen molar-refractivity contribution in [2.45, 2.75) is 109 Å². The summed E-state index contributed by atoms with van der Waals surface area (Å²) in [6.45, 7) is 9.47. The predicted molar refractivity (Wildman–Crippen MR) is 190 cm³/mol. The van der Waals surface area contributed by atoms with Crippen LogP contribution in [0.15, 0.2) is 43.1 Å². The number of ether oxygens (including phenoxy) is 3. The lowest BCUT2D eigenvalue weighted by Gasteiger charge is -2.35. The Morgan fingerprint density at radius 1 is 1.08 bits per heavy atom. The first kappa shape index (κ1) is 37.7. The SMILES string of the molecule is C=CC1C[C@]1(CC(=O)C1CC(Oc2ccnc3cc(OC)ccc23)CN1C(=O)C(CC(=O)OC1CCCC1)C(C)(C)C)C(=O)NS(=O)(=O)OC1CC1. The summed E-state index contributed by atoms with van der Waals surface area (Å²) < 4.78 is 49.8. The average Bonchev–Trinajstić information content (AvgIpc) is 3.92. The number of amides is 2. The maximum Gasteiger partial charge on any atom is 0.362 e. The summed E-state index contributed by atoms with van der Waals surface area (Å²) in [5.41, 5.74) is -1.39. The van der Waals surface area contributed by atoms with Gasteiger partial charge in [0.05, 0.1) is 49.1 Å². The van der Waals surface area contributed by atoms with Crippen molar-refractivity contribution in [2.75, 3.05) is 13.7 Å². The minimum absolute atomic E-state index is 0.0488. The van der Waals surface area contributed by atoms with E-state index in [1.165, 1.54) is 4.90 Å². The van der Waals surface area contributed by atoms with E-state index in [4.69, 9.17) is 18.4 Å².